The highest BCUT2D eigenvalue weighted by molar-refractivity contribution is 5.38. The van der Waals surface area contributed by atoms with Gasteiger partial charge in [-0.2, -0.15) is 0 Å². The van der Waals surface area contributed by atoms with Crippen molar-refractivity contribution in [2.45, 2.75) is 52.6 Å². The van der Waals surface area contributed by atoms with E-state index in [-0.39, 0.29) is 6.29 Å². The quantitative estimate of drug-likeness (QED) is 0.424. The summed E-state index contributed by atoms with van der Waals surface area (Å²) in [6, 6.07) is 0. The van der Waals surface area contributed by atoms with E-state index >= 15 is 0 Å². The number of ether oxygens (including phenoxy) is 3. The van der Waals surface area contributed by atoms with Crippen LogP contribution in [0.15, 0.2) is 0 Å². The van der Waals surface area contributed by atoms with E-state index in [0.717, 1.165) is 19.3 Å². The van der Waals surface area contributed by atoms with Gasteiger partial charge in [0, 0.05) is 6.61 Å². The number of rotatable bonds is 9. The fourth-order valence-electron chi connectivity index (χ4n) is 1.01. The van der Waals surface area contributed by atoms with E-state index in [1.54, 1.807) is 13.8 Å². The Labute approximate surface area is 85.5 Å². The minimum absolute atomic E-state index is 0.352. The Morgan fingerprint density at radius 1 is 1.21 bits per heavy atom. The van der Waals surface area contributed by atoms with Gasteiger partial charge in [-0.1, -0.05) is 19.8 Å². The van der Waals surface area contributed by atoms with Gasteiger partial charge < -0.3 is 14.2 Å². The Kier molecular flexibility index (Phi) is 8.57. The van der Waals surface area contributed by atoms with Gasteiger partial charge in [0.1, 0.15) is 0 Å². The monoisotopic (exact) mass is 203 g/mol. The highest BCUT2D eigenvalue weighted by Crippen LogP contribution is 2.02. The van der Waals surface area contributed by atoms with Crippen LogP contribution in [0.25, 0.3) is 0 Å². The molecule has 4 heteroatoms. The smallest absolute Gasteiger partial charge is 0.419 e. The Morgan fingerprint density at radius 3 is 2.50 bits per heavy atom. The predicted octanol–water partition coefficient (Wildman–Crippen LogP) is 1.99. The first-order valence-corrected chi connectivity index (χ1v) is 5.00. The molecule has 0 rings (SSSR count). The molecular formula is C10H19O4. The van der Waals surface area contributed by atoms with Crippen LogP contribution in [0, 0.1) is 0 Å². The van der Waals surface area contributed by atoms with E-state index in [9.17, 15) is 4.79 Å². The molecular weight excluding hydrogens is 184 g/mol. The van der Waals surface area contributed by atoms with Crippen LogP contribution in [-0.2, 0) is 19.0 Å². The molecule has 0 aromatic rings. The third-order valence-corrected chi connectivity index (χ3v) is 1.70. The maximum Gasteiger partial charge on any atom is 0.419 e. The molecule has 0 N–H and O–H groups in total. The van der Waals surface area contributed by atoms with Crippen LogP contribution in [0.5, 0.6) is 0 Å². The molecule has 0 aromatic heterocycles. The summed E-state index contributed by atoms with van der Waals surface area (Å²) in [6.45, 7) is 7.52. The maximum absolute atomic E-state index is 9.83. The van der Waals surface area contributed by atoms with E-state index in [2.05, 4.69) is 11.7 Å². The van der Waals surface area contributed by atoms with Crippen LogP contribution in [0.2, 0.25) is 0 Å². The van der Waals surface area contributed by atoms with Gasteiger partial charge in [-0.25, -0.2) is 4.79 Å². The van der Waals surface area contributed by atoms with Crippen LogP contribution in [-0.4, -0.2) is 25.7 Å². The van der Waals surface area contributed by atoms with Gasteiger partial charge >= 0.3 is 6.47 Å². The van der Waals surface area contributed by atoms with Crippen LogP contribution in [0.3, 0.4) is 0 Å². The molecule has 0 saturated heterocycles. The molecule has 0 aromatic carbocycles. The fourth-order valence-corrected chi connectivity index (χ4v) is 1.01. The minimum Gasteiger partial charge on any atom is -0.428 e. The Bertz CT molecular complexity index is 138. The SMILES string of the molecule is CCCCCOC(C)OC(C)O[C]=O. The first kappa shape index (κ1) is 13.4. The second-order valence-corrected chi connectivity index (χ2v) is 3.05. The lowest BCUT2D eigenvalue weighted by molar-refractivity contribution is -0.208. The summed E-state index contributed by atoms with van der Waals surface area (Å²) in [5.74, 6) is 0. The molecule has 0 bridgehead atoms. The van der Waals surface area contributed by atoms with Crippen molar-refractivity contribution < 1.29 is 19.0 Å². The fraction of sp³-hybridized carbons (Fsp3) is 0.900. The summed E-state index contributed by atoms with van der Waals surface area (Å²) >= 11 is 0. The third kappa shape index (κ3) is 8.01. The zero-order chi connectivity index (χ0) is 10.8. The maximum atomic E-state index is 9.83. The van der Waals surface area contributed by atoms with E-state index in [1.165, 1.54) is 6.47 Å². The summed E-state index contributed by atoms with van der Waals surface area (Å²) in [4.78, 5) is 9.83. The normalized spacial score (nSPS) is 14.8. The molecule has 0 spiro atoms. The van der Waals surface area contributed by atoms with Crippen molar-refractivity contribution in [3.05, 3.63) is 0 Å². The summed E-state index contributed by atoms with van der Waals surface area (Å²) in [6.07, 6.45) is 2.39. The number of carbonyl (C=O) groups excluding carboxylic acids is 1. The van der Waals surface area contributed by atoms with Gasteiger partial charge in [0.25, 0.3) is 0 Å². The topological polar surface area (TPSA) is 44.8 Å². The summed E-state index contributed by atoms with van der Waals surface area (Å²) in [7, 11) is 0. The number of hydrogen-bond acceptors (Lipinski definition) is 4. The Morgan fingerprint density at radius 2 is 1.93 bits per heavy atom. The molecule has 0 heterocycles. The average molecular weight is 203 g/mol. The minimum atomic E-state index is -0.603. The Hall–Kier alpha value is -0.610. The number of unbranched alkanes of at least 4 members (excludes halogenated alkanes) is 2. The molecule has 1 radical (unpaired) electrons. The van der Waals surface area contributed by atoms with E-state index in [0.29, 0.717) is 6.61 Å². The standard InChI is InChI=1S/C10H19O4/c1-4-5-6-7-12-9(2)14-10(3)13-8-11/h9-10H,4-7H2,1-3H3. The summed E-state index contributed by atoms with van der Waals surface area (Å²) < 4.78 is 14.9. The van der Waals surface area contributed by atoms with Crippen molar-refractivity contribution in [2.75, 3.05) is 6.61 Å². The predicted molar refractivity (Wildman–Crippen MR) is 52.3 cm³/mol. The molecule has 4 nitrogen and oxygen atoms in total. The third-order valence-electron chi connectivity index (χ3n) is 1.70. The largest absolute Gasteiger partial charge is 0.428 e. The van der Waals surface area contributed by atoms with Crippen molar-refractivity contribution in [1.82, 2.24) is 0 Å². The number of hydrogen-bond donors (Lipinski definition) is 0. The molecule has 0 saturated carbocycles. The molecule has 0 aliphatic heterocycles. The van der Waals surface area contributed by atoms with Crippen molar-refractivity contribution in [3.8, 4) is 0 Å². The van der Waals surface area contributed by atoms with Crippen molar-refractivity contribution >= 4 is 6.47 Å². The van der Waals surface area contributed by atoms with Gasteiger partial charge in [0.05, 0.1) is 0 Å². The molecule has 0 aliphatic carbocycles. The lowest BCUT2D eigenvalue weighted by Crippen LogP contribution is -2.22. The van der Waals surface area contributed by atoms with Gasteiger partial charge in [-0.05, 0) is 20.3 Å². The van der Waals surface area contributed by atoms with Gasteiger partial charge in [-0.3, -0.25) is 0 Å². The zero-order valence-corrected chi connectivity index (χ0v) is 9.12. The Balaban J connectivity index is 3.34. The van der Waals surface area contributed by atoms with Crippen molar-refractivity contribution in [2.24, 2.45) is 0 Å². The van der Waals surface area contributed by atoms with Gasteiger partial charge in [-0.15, -0.1) is 0 Å². The first-order chi connectivity index (χ1) is 6.70. The molecule has 0 amide bonds. The highest BCUT2D eigenvalue weighted by atomic mass is 16.8. The summed E-state index contributed by atoms with van der Waals surface area (Å²) in [5, 5.41) is 0. The van der Waals surface area contributed by atoms with E-state index < -0.39 is 6.29 Å². The second kappa shape index (κ2) is 8.97. The van der Waals surface area contributed by atoms with E-state index in [4.69, 9.17) is 9.47 Å². The molecule has 0 aliphatic rings. The molecule has 14 heavy (non-hydrogen) atoms. The second-order valence-electron chi connectivity index (χ2n) is 3.05. The molecule has 0 fully saturated rings. The highest BCUT2D eigenvalue weighted by Gasteiger charge is 2.08. The first-order valence-electron chi connectivity index (χ1n) is 5.00. The zero-order valence-electron chi connectivity index (χ0n) is 9.12. The van der Waals surface area contributed by atoms with Crippen molar-refractivity contribution in [3.63, 3.8) is 0 Å². The van der Waals surface area contributed by atoms with Crippen molar-refractivity contribution in [1.29, 1.82) is 0 Å². The van der Waals surface area contributed by atoms with Crippen LogP contribution in [0.4, 0.5) is 0 Å². The summed E-state index contributed by atoms with van der Waals surface area (Å²) in [5.41, 5.74) is 0. The van der Waals surface area contributed by atoms with Crippen LogP contribution in [0.1, 0.15) is 40.0 Å². The molecule has 2 atom stereocenters. The molecule has 2 unspecified atom stereocenters. The van der Waals surface area contributed by atoms with Gasteiger partial charge in [0.15, 0.2) is 6.29 Å². The average Bonchev–Trinajstić information content (AvgIpc) is 2.13. The van der Waals surface area contributed by atoms with Crippen LogP contribution >= 0.6 is 0 Å². The van der Waals surface area contributed by atoms with E-state index in [1.807, 2.05) is 0 Å². The lowest BCUT2D eigenvalue weighted by Gasteiger charge is -2.17. The van der Waals surface area contributed by atoms with Crippen LogP contribution < -0.4 is 0 Å². The van der Waals surface area contributed by atoms with Gasteiger partial charge in [0.2, 0.25) is 6.29 Å². The molecule has 83 valence electrons. The lowest BCUT2D eigenvalue weighted by atomic mass is 10.3.